The Morgan fingerprint density at radius 1 is 1.18 bits per heavy atom. The van der Waals surface area contributed by atoms with E-state index in [-0.39, 0.29) is 17.1 Å². The van der Waals surface area contributed by atoms with E-state index in [1.165, 1.54) is 0 Å². The summed E-state index contributed by atoms with van der Waals surface area (Å²) in [5.41, 5.74) is 3.33. The van der Waals surface area contributed by atoms with E-state index in [0.717, 1.165) is 23.2 Å². The van der Waals surface area contributed by atoms with Gasteiger partial charge in [0, 0.05) is 28.4 Å². The number of carbonyl (C=O) groups excluding carboxylic acids is 1. The average Bonchev–Trinajstić information content (AvgIpc) is 2.46. The van der Waals surface area contributed by atoms with Crippen molar-refractivity contribution < 1.29 is 9.90 Å². The van der Waals surface area contributed by atoms with Crippen LogP contribution in [0.2, 0.25) is 0 Å². The molecule has 0 bridgehead atoms. The molecule has 112 valence electrons. The number of allylic oxidation sites excluding steroid dienone is 1. The fourth-order valence-corrected chi connectivity index (χ4v) is 2.87. The first-order chi connectivity index (χ1) is 10.4. The molecule has 1 heterocycles. The summed E-state index contributed by atoms with van der Waals surface area (Å²) in [4.78, 5) is 12.4. The van der Waals surface area contributed by atoms with Gasteiger partial charge in [-0.3, -0.25) is 4.79 Å². The number of phenolic OH excluding ortho intramolecular Hbond substituents is 1. The van der Waals surface area contributed by atoms with Gasteiger partial charge in [-0.1, -0.05) is 30.3 Å². The Kier molecular flexibility index (Phi) is 3.49. The quantitative estimate of drug-likeness (QED) is 0.657. The molecule has 0 aliphatic carbocycles. The maximum atomic E-state index is 12.4. The number of rotatable bonds is 2. The van der Waals surface area contributed by atoms with Gasteiger partial charge >= 0.3 is 0 Å². The summed E-state index contributed by atoms with van der Waals surface area (Å²) in [7, 11) is 0. The second-order valence-electron chi connectivity index (χ2n) is 6.32. The Morgan fingerprint density at radius 2 is 1.91 bits per heavy atom. The van der Waals surface area contributed by atoms with Crippen LogP contribution in [0.1, 0.15) is 35.3 Å². The SMILES string of the molecule is CC1(C)Cc2cc(O)ccc2C(=CC(=O)c2ccccc2)N1. The molecule has 0 fully saturated rings. The van der Waals surface area contributed by atoms with Crippen LogP contribution in [0, 0.1) is 0 Å². The molecule has 3 rings (SSSR count). The Bertz CT molecular complexity index is 745. The summed E-state index contributed by atoms with van der Waals surface area (Å²) in [6.07, 6.45) is 2.44. The minimum Gasteiger partial charge on any atom is -0.508 e. The molecular formula is C19H19NO2. The Balaban J connectivity index is 2.03. The lowest BCUT2D eigenvalue weighted by molar-refractivity contribution is 0.104. The van der Waals surface area contributed by atoms with Crippen LogP contribution in [0.5, 0.6) is 5.75 Å². The largest absolute Gasteiger partial charge is 0.508 e. The van der Waals surface area contributed by atoms with E-state index in [1.54, 1.807) is 18.2 Å². The van der Waals surface area contributed by atoms with E-state index in [1.807, 2.05) is 36.4 Å². The van der Waals surface area contributed by atoms with E-state index in [4.69, 9.17) is 0 Å². The maximum absolute atomic E-state index is 12.4. The third-order valence-corrected chi connectivity index (χ3v) is 3.82. The second kappa shape index (κ2) is 5.34. The van der Waals surface area contributed by atoms with Crippen molar-refractivity contribution in [2.45, 2.75) is 25.8 Å². The topological polar surface area (TPSA) is 49.3 Å². The summed E-state index contributed by atoms with van der Waals surface area (Å²) in [5, 5.41) is 13.1. The highest BCUT2D eigenvalue weighted by atomic mass is 16.3. The molecule has 0 radical (unpaired) electrons. The van der Waals surface area contributed by atoms with Gasteiger partial charge in [0.05, 0.1) is 0 Å². The number of hydrogen-bond acceptors (Lipinski definition) is 3. The van der Waals surface area contributed by atoms with Crippen molar-refractivity contribution in [1.29, 1.82) is 0 Å². The summed E-state index contributed by atoms with van der Waals surface area (Å²) in [6, 6.07) is 14.5. The molecule has 22 heavy (non-hydrogen) atoms. The van der Waals surface area contributed by atoms with Crippen LogP contribution < -0.4 is 5.32 Å². The van der Waals surface area contributed by atoms with Crippen molar-refractivity contribution in [3.05, 3.63) is 71.3 Å². The number of hydrogen-bond donors (Lipinski definition) is 2. The molecule has 0 amide bonds. The molecule has 0 unspecified atom stereocenters. The molecular weight excluding hydrogens is 274 g/mol. The van der Waals surface area contributed by atoms with Gasteiger partial charge in [-0.25, -0.2) is 0 Å². The molecule has 2 N–H and O–H groups in total. The number of carbonyl (C=O) groups is 1. The number of aromatic hydroxyl groups is 1. The molecule has 0 spiro atoms. The predicted molar refractivity (Wildman–Crippen MR) is 87.8 cm³/mol. The number of ketones is 1. The van der Waals surface area contributed by atoms with Crippen LogP contribution in [0.4, 0.5) is 0 Å². The Labute approximate surface area is 130 Å². The van der Waals surface area contributed by atoms with Crippen LogP contribution in [-0.2, 0) is 6.42 Å². The summed E-state index contributed by atoms with van der Waals surface area (Å²) < 4.78 is 0. The highest BCUT2D eigenvalue weighted by molar-refractivity contribution is 6.08. The highest BCUT2D eigenvalue weighted by Gasteiger charge is 2.28. The Hall–Kier alpha value is -2.55. The number of benzene rings is 2. The third kappa shape index (κ3) is 2.89. The van der Waals surface area contributed by atoms with Crippen LogP contribution in [0.15, 0.2) is 54.6 Å². The summed E-state index contributed by atoms with van der Waals surface area (Å²) in [5.74, 6) is 0.227. The van der Waals surface area contributed by atoms with Gasteiger partial charge in [0.15, 0.2) is 5.78 Å². The number of nitrogens with one attached hydrogen (secondary N) is 1. The van der Waals surface area contributed by atoms with Gasteiger partial charge in [-0.05, 0) is 44.0 Å². The molecule has 0 atom stereocenters. The predicted octanol–water partition coefficient (Wildman–Crippen LogP) is 3.54. The zero-order valence-electron chi connectivity index (χ0n) is 12.8. The van der Waals surface area contributed by atoms with Crippen LogP contribution in [-0.4, -0.2) is 16.4 Å². The zero-order valence-corrected chi connectivity index (χ0v) is 12.8. The lowest BCUT2D eigenvalue weighted by Crippen LogP contribution is -2.43. The van der Waals surface area contributed by atoms with Gasteiger partial charge in [0.1, 0.15) is 5.75 Å². The zero-order chi connectivity index (χ0) is 15.7. The first kappa shape index (κ1) is 14.4. The van der Waals surface area contributed by atoms with Crippen LogP contribution in [0.25, 0.3) is 5.70 Å². The van der Waals surface area contributed by atoms with E-state index < -0.39 is 0 Å². The molecule has 0 saturated carbocycles. The average molecular weight is 293 g/mol. The number of phenols is 1. The van der Waals surface area contributed by atoms with E-state index in [2.05, 4.69) is 19.2 Å². The molecule has 0 aromatic heterocycles. The van der Waals surface area contributed by atoms with Crippen molar-refractivity contribution >= 4 is 11.5 Å². The van der Waals surface area contributed by atoms with Gasteiger partial charge in [-0.15, -0.1) is 0 Å². The minimum atomic E-state index is -0.163. The van der Waals surface area contributed by atoms with Crippen LogP contribution >= 0.6 is 0 Å². The van der Waals surface area contributed by atoms with Gasteiger partial charge < -0.3 is 10.4 Å². The molecule has 3 nitrogen and oxygen atoms in total. The fraction of sp³-hybridized carbons (Fsp3) is 0.211. The first-order valence-electron chi connectivity index (χ1n) is 7.36. The van der Waals surface area contributed by atoms with Crippen molar-refractivity contribution in [2.24, 2.45) is 0 Å². The van der Waals surface area contributed by atoms with Gasteiger partial charge in [0.2, 0.25) is 0 Å². The van der Waals surface area contributed by atoms with Crippen molar-refractivity contribution in [3.63, 3.8) is 0 Å². The van der Waals surface area contributed by atoms with Crippen molar-refractivity contribution in [3.8, 4) is 5.75 Å². The molecule has 2 aromatic carbocycles. The molecule has 1 aliphatic rings. The maximum Gasteiger partial charge on any atom is 0.187 e. The number of fused-ring (bicyclic) bond motifs is 1. The standard InChI is InChI=1S/C19H19NO2/c1-19(2)12-14-10-15(21)8-9-16(14)17(20-19)11-18(22)13-6-4-3-5-7-13/h3-11,20-21H,12H2,1-2H3. The van der Waals surface area contributed by atoms with E-state index in [9.17, 15) is 9.90 Å². The van der Waals surface area contributed by atoms with Crippen molar-refractivity contribution in [1.82, 2.24) is 5.32 Å². The van der Waals surface area contributed by atoms with E-state index in [0.29, 0.717) is 5.56 Å². The smallest absolute Gasteiger partial charge is 0.187 e. The molecule has 3 heteroatoms. The molecule has 1 aliphatic heterocycles. The third-order valence-electron chi connectivity index (χ3n) is 3.82. The lowest BCUT2D eigenvalue weighted by atomic mass is 9.85. The lowest BCUT2D eigenvalue weighted by Gasteiger charge is -2.35. The Morgan fingerprint density at radius 3 is 2.64 bits per heavy atom. The van der Waals surface area contributed by atoms with Gasteiger partial charge in [0.25, 0.3) is 0 Å². The normalized spacial score (nSPS) is 17.6. The summed E-state index contributed by atoms with van der Waals surface area (Å²) >= 11 is 0. The molecule has 2 aromatic rings. The fourth-order valence-electron chi connectivity index (χ4n) is 2.87. The van der Waals surface area contributed by atoms with Crippen molar-refractivity contribution in [2.75, 3.05) is 0 Å². The first-order valence-corrected chi connectivity index (χ1v) is 7.36. The molecule has 0 saturated heterocycles. The second-order valence-corrected chi connectivity index (χ2v) is 6.32. The van der Waals surface area contributed by atoms with Crippen LogP contribution in [0.3, 0.4) is 0 Å². The highest BCUT2D eigenvalue weighted by Crippen LogP contribution is 2.32. The minimum absolute atomic E-state index is 0.0279. The summed E-state index contributed by atoms with van der Waals surface area (Å²) in [6.45, 7) is 4.17. The van der Waals surface area contributed by atoms with Gasteiger partial charge in [-0.2, -0.15) is 0 Å². The monoisotopic (exact) mass is 293 g/mol. The van der Waals surface area contributed by atoms with E-state index >= 15 is 0 Å².